The summed E-state index contributed by atoms with van der Waals surface area (Å²) >= 11 is 24.8. The van der Waals surface area contributed by atoms with Crippen molar-refractivity contribution >= 4 is 70.1 Å². The normalized spacial score (nSPS) is 14.6. The van der Waals surface area contributed by atoms with Crippen LogP contribution in [0.5, 0.6) is 0 Å². The zero-order chi connectivity index (χ0) is 35.8. The van der Waals surface area contributed by atoms with Crippen molar-refractivity contribution in [1.29, 1.82) is 0 Å². The first-order valence-corrected chi connectivity index (χ1v) is 17.6. The predicted molar refractivity (Wildman–Crippen MR) is 197 cm³/mol. The van der Waals surface area contributed by atoms with Gasteiger partial charge in [0.1, 0.15) is 12.6 Å². The number of hydrogen-bond donors (Lipinski definition) is 1. The molecule has 8 nitrogen and oxygen atoms in total. The van der Waals surface area contributed by atoms with Gasteiger partial charge < -0.3 is 19.8 Å². The third-order valence-corrected chi connectivity index (χ3v) is 9.87. The molecule has 5 rings (SSSR count). The van der Waals surface area contributed by atoms with Gasteiger partial charge >= 0.3 is 5.97 Å². The highest BCUT2D eigenvalue weighted by Gasteiger charge is 2.41. The van der Waals surface area contributed by atoms with Crippen LogP contribution in [0.25, 0.3) is 11.1 Å². The van der Waals surface area contributed by atoms with Gasteiger partial charge in [0.05, 0.1) is 13.0 Å². The summed E-state index contributed by atoms with van der Waals surface area (Å²) in [5.74, 6) is -2.46. The minimum Gasteiger partial charge on any atom is -0.480 e. The van der Waals surface area contributed by atoms with E-state index in [2.05, 4.69) is 0 Å². The van der Waals surface area contributed by atoms with Crippen molar-refractivity contribution in [3.05, 3.63) is 128 Å². The van der Waals surface area contributed by atoms with Crippen molar-refractivity contribution in [2.75, 3.05) is 32.7 Å². The molecular formula is C38H35Cl4N3O5. The van der Waals surface area contributed by atoms with Crippen LogP contribution in [0.1, 0.15) is 23.1 Å². The molecule has 4 aromatic rings. The molecule has 1 heterocycles. The zero-order valence-corrected chi connectivity index (χ0v) is 30.1. The Bertz CT molecular complexity index is 1860. The lowest BCUT2D eigenvalue weighted by atomic mass is 10.0. The number of aliphatic carboxylic acids is 1. The van der Waals surface area contributed by atoms with Crippen LogP contribution >= 0.6 is 46.4 Å². The molecule has 4 aromatic carbocycles. The van der Waals surface area contributed by atoms with Gasteiger partial charge in [-0.15, -0.1) is 0 Å². The largest absolute Gasteiger partial charge is 0.480 e. The minimum atomic E-state index is -1.20. The Kier molecular flexibility index (Phi) is 12.8. The zero-order valence-electron chi connectivity index (χ0n) is 27.0. The highest BCUT2D eigenvalue weighted by molar-refractivity contribution is 6.35. The molecule has 0 bridgehead atoms. The first-order valence-electron chi connectivity index (χ1n) is 16.1. The van der Waals surface area contributed by atoms with Crippen molar-refractivity contribution in [2.45, 2.75) is 31.7 Å². The summed E-state index contributed by atoms with van der Waals surface area (Å²) in [6.07, 6.45) is 0.712. The molecule has 0 radical (unpaired) electrons. The predicted octanol–water partition coefficient (Wildman–Crippen LogP) is 7.34. The topological polar surface area (TPSA) is 98.2 Å². The molecular weight excluding hydrogens is 720 g/mol. The molecule has 12 heteroatoms. The monoisotopic (exact) mass is 753 g/mol. The quantitative estimate of drug-likeness (QED) is 0.145. The Labute approximate surface area is 311 Å². The average Bonchev–Trinajstić information content (AvgIpc) is 3.09. The van der Waals surface area contributed by atoms with Crippen LogP contribution in [0.4, 0.5) is 0 Å². The lowest BCUT2D eigenvalue weighted by Gasteiger charge is -2.40. The molecule has 1 aliphatic rings. The van der Waals surface area contributed by atoms with Crippen molar-refractivity contribution in [1.82, 2.24) is 14.7 Å². The van der Waals surface area contributed by atoms with Gasteiger partial charge in [0.15, 0.2) is 0 Å². The fourth-order valence-electron chi connectivity index (χ4n) is 5.97. The number of rotatable bonds is 14. The van der Waals surface area contributed by atoms with E-state index in [1.54, 1.807) is 36.4 Å². The summed E-state index contributed by atoms with van der Waals surface area (Å²) in [6, 6.07) is 26.9. The molecule has 0 aromatic heterocycles. The van der Waals surface area contributed by atoms with Crippen LogP contribution in [-0.2, 0) is 38.4 Å². The van der Waals surface area contributed by atoms with Gasteiger partial charge in [0.25, 0.3) is 0 Å². The molecule has 3 amide bonds. The maximum atomic E-state index is 14.1. The average molecular weight is 756 g/mol. The second kappa shape index (κ2) is 17.2. The van der Waals surface area contributed by atoms with E-state index in [1.807, 2.05) is 54.6 Å². The van der Waals surface area contributed by atoms with Gasteiger partial charge in [-0.2, -0.15) is 0 Å². The summed E-state index contributed by atoms with van der Waals surface area (Å²) in [6.45, 7) is -0.308. The van der Waals surface area contributed by atoms with Crippen LogP contribution in [0.2, 0.25) is 20.1 Å². The smallest absolute Gasteiger partial charge is 0.323 e. The van der Waals surface area contributed by atoms with Crippen molar-refractivity contribution in [3.63, 3.8) is 0 Å². The van der Waals surface area contributed by atoms with Gasteiger partial charge in [-0.1, -0.05) is 113 Å². The fraction of sp³-hybridized carbons (Fsp3) is 0.263. The molecule has 1 aliphatic heterocycles. The lowest BCUT2D eigenvalue weighted by molar-refractivity contribution is -0.158. The molecule has 1 atom stereocenters. The third kappa shape index (κ3) is 9.79. The number of carbonyl (C=O) groups is 4. The number of piperazine rings is 1. The Balaban J connectivity index is 1.34. The van der Waals surface area contributed by atoms with E-state index in [0.717, 1.165) is 22.3 Å². The van der Waals surface area contributed by atoms with Crippen LogP contribution in [0.15, 0.2) is 91.0 Å². The van der Waals surface area contributed by atoms with E-state index in [0.29, 0.717) is 38.5 Å². The number of carbonyl (C=O) groups excluding carboxylic acids is 3. The molecule has 0 spiro atoms. The van der Waals surface area contributed by atoms with Crippen LogP contribution in [0.3, 0.4) is 0 Å². The van der Waals surface area contributed by atoms with E-state index in [4.69, 9.17) is 46.4 Å². The van der Waals surface area contributed by atoms with Crippen LogP contribution in [0, 0.1) is 0 Å². The highest BCUT2D eigenvalue weighted by atomic mass is 35.5. The highest BCUT2D eigenvalue weighted by Crippen LogP contribution is 2.25. The SMILES string of the molecule is O=C(O)CN(CCc1ccc(Cl)cc1Cl)C(=O)CC1C(=O)N(CCc2ccc(Cl)cc2Cl)CC(=O)N1CCc1ccc(-c2ccccc2)cc1. The third-order valence-electron chi connectivity index (χ3n) is 8.70. The molecule has 1 N–H and O–H groups in total. The second-order valence-corrected chi connectivity index (χ2v) is 13.7. The number of nitrogens with zero attached hydrogens (tertiary/aromatic N) is 3. The first kappa shape index (κ1) is 37.2. The summed E-state index contributed by atoms with van der Waals surface area (Å²) in [7, 11) is 0. The van der Waals surface area contributed by atoms with E-state index in [-0.39, 0.29) is 44.9 Å². The maximum absolute atomic E-state index is 14.1. The molecule has 260 valence electrons. The second-order valence-electron chi connectivity index (χ2n) is 12.1. The molecule has 0 aliphatic carbocycles. The van der Waals surface area contributed by atoms with E-state index >= 15 is 0 Å². The number of hydrogen-bond acceptors (Lipinski definition) is 4. The van der Waals surface area contributed by atoms with Crippen LogP contribution < -0.4 is 0 Å². The molecule has 1 fully saturated rings. The van der Waals surface area contributed by atoms with Gasteiger partial charge in [0.2, 0.25) is 17.7 Å². The Morgan fingerprint density at radius 2 is 1.34 bits per heavy atom. The minimum absolute atomic E-state index is 0.0356. The maximum Gasteiger partial charge on any atom is 0.323 e. The molecule has 1 unspecified atom stereocenters. The van der Waals surface area contributed by atoms with Gasteiger partial charge in [-0.3, -0.25) is 19.2 Å². The van der Waals surface area contributed by atoms with Crippen molar-refractivity contribution in [3.8, 4) is 11.1 Å². The summed E-state index contributed by atoms with van der Waals surface area (Å²) < 4.78 is 0. The summed E-state index contributed by atoms with van der Waals surface area (Å²) in [4.78, 5) is 57.4. The van der Waals surface area contributed by atoms with E-state index in [9.17, 15) is 24.3 Å². The summed E-state index contributed by atoms with van der Waals surface area (Å²) in [5, 5.41) is 11.4. The molecule has 1 saturated heterocycles. The Morgan fingerprint density at radius 3 is 1.94 bits per heavy atom. The Hall–Kier alpha value is -4.08. The molecule has 50 heavy (non-hydrogen) atoms. The number of amides is 3. The van der Waals surface area contributed by atoms with E-state index in [1.165, 1.54) is 14.7 Å². The van der Waals surface area contributed by atoms with E-state index < -0.39 is 30.4 Å². The number of carboxylic acid groups (broad SMARTS) is 1. The summed E-state index contributed by atoms with van der Waals surface area (Å²) in [5.41, 5.74) is 4.55. The number of halogens is 4. The van der Waals surface area contributed by atoms with Gasteiger partial charge in [-0.25, -0.2) is 0 Å². The number of benzene rings is 4. The van der Waals surface area contributed by atoms with Crippen molar-refractivity contribution in [2.24, 2.45) is 0 Å². The first-order chi connectivity index (χ1) is 24.0. The van der Waals surface area contributed by atoms with Crippen LogP contribution in [-0.4, -0.2) is 82.3 Å². The number of carboxylic acids is 1. The Morgan fingerprint density at radius 1 is 0.740 bits per heavy atom. The lowest BCUT2D eigenvalue weighted by Crippen LogP contribution is -2.61. The fourth-order valence-corrected chi connectivity index (χ4v) is 6.98. The molecule has 0 saturated carbocycles. The van der Waals surface area contributed by atoms with Gasteiger partial charge in [-0.05, 0) is 71.3 Å². The van der Waals surface area contributed by atoms with Crippen molar-refractivity contribution < 1.29 is 24.3 Å². The van der Waals surface area contributed by atoms with Gasteiger partial charge in [0, 0.05) is 39.7 Å². The standard InChI is InChI=1S/C38H35Cl4N3O5/c39-30-12-10-28(32(41)20-30)15-17-43(24-37(48)49)35(46)22-34-38(50)44(18-16-29-11-13-31(40)21-33(29)42)23-36(47)45(34)19-14-25-6-8-27(9-7-25)26-4-2-1-3-5-26/h1-13,20-21,34H,14-19,22-24H2,(H,48,49).